The molecule has 0 saturated carbocycles. The number of ether oxygens (including phenoxy) is 1. The summed E-state index contributed by atoms with van der Waals surface area (Å²) in [6, 6.07) is 16.8. The van der Waals surface area contributed by atoms with E-state index in [0.29, 0.717) is 23.6 Å². The average molecular weight is 485 g/mol. The Balaban J connectivity index is 1.07. The number of rotatable bonds is 6. The first kappa shape index (κ1) is 23.2. The number of likely N-dealkylation sites (tertiary alicyclic amines) is 2. The first-order valence-corrected chi connectivity index (χ1v) is 13.3. The fraction of sp³-hybridized carbons (Fsp3) is 0.433. The summed E-state index contributed by atoms with van der Waals surface area (Å²) in [6.45, 7) is 6.42. The predicted molar refractivity (Wildman–Crippen MR) is 145 cm³/mol. The number of amides is 1. The van der Waals surface area contributed by atoms with Gasteiger partial charge in [-0.2, -0.15) is 0 Å². The molecule has 0 radical (unpaired) electrons. The molecule has 36 heavy (non-hydrogen) atoms. The van der Waals surface area contributed by atoms with Crippen molar-refractivity contribution in [2.45, 2.75) is 44.6 Å². The number of aromatic nitrogens is 2. The summed E-state index contributed by atoms with van der Waals surface area (Å²) in [7, 11) is 1.67. The van der Waals surface area contributed by atoms with E-state index in [-0.39, 0.29) is 5.91 Å². The van der Waals surface area contributed by atoms with Gasteiger partial charge in [-0.05, 0) is 86.5 Å². The highest BCUT2D eigenvalue weighted by molar-refractivity contribution is 5.98. The number of H-pyrrole nitrogens is 2. The highest BCUT2D eigenvalue weighted by Gasteiger charge is 2.34. The van der Waals surface area contributed by atoms with Crippen LogP contribution in [0.1, 0.15) is 54.6 Å². The maximum absolute atomic E-state index is 13.5. The number of nitrogens with zero attached hydrogens (tertiary/aromatic N) is 2. The first-order chi connectivity index (χ1) is 17.6. The Kier molecular flexibility index (Phi) is 6.22. The van der Waals surface area contributed by atoms with Crippen LogP contribution in [0.4, 0.5) is 0 Å². The van der Waals surface area contributed by atoms with Crippen LogP contribution in [0.5, 0.6) is 5.75 Å². The lowest BCUT2D eigenvalue weighted by Crippen LogP contribution is -2.40. The van der Waals surface area contributed by atoms with Crippen LogP contribution >= 0.6 is 0 Å². The van der Waals surface area contributed by atoms with Crippen LogP contribution in [0.25, 0.3) is 21.8 Å². The van der Waals surface area contributed by atoms with Gasteiger partial charge in [-0.3, -0.25) is 4.79 Å². The number of hydrogen-bond donors (Lipinski definition) is 2. The molecule has 0 bridgehead atoms. The van der Waals surface area contributed by atoms with Crippen LogP contribution in [0, 0.1) is 5.92 Å². The Hall–Kier alpha value is -3.25. The number of benzene rings is 2. The third-order valence-corrected chi connectivity index (χ3v) is 8.37. The molecule has 1 amide bonds. The van der Waals surface area contributed by atoms with Crippen LogP contribution in [-0.2, 0) is 0 Å². The van der Waals surface area contributed by atoms with Crippen molar-refractivity contribution in [3.05, 3.63) is 66.0 Å². The van der Waals surface area contributed by atoms with Crippen LogP contribution in [0.15, 0.2) is 54.7 Å². The second kappa shape index (κ2) is 9.66. The summed E-state index contributed by atoms with van der Waals surface area (Å²) in [5, 5.41) is 2.39. The summed E-state index contributed by atoms with van der Waals surface area (Å²) in [6.07, 6.45) is 6.75. The number of piperidine rings is 1. The molecule has 4 heterocycles. The molecule has 6 heteroatoms. The molecule has 2 aliphatic rings. The molecule has 2 aromatic heterocycles. The zero-order valence-electron chi connectivity index (χ0n) is 21.3. The summed E-state index contributed by atoms with van der Waals surface area (Å²) in [5.41, 5.74) is 4.37. The van der Waals surface area contributed by atoms with Gasteiger partial charge in [0, 0.05) is 47.1 Å². The van der Waals surface area contributed by atoms with Crippen molar-refractivity contribution < 1.29 is 9.53 Å². The van der Waals surface area contributed by atoms with Gasteiger partial charge in [0.15, 0.2) is 0 Å². The summed E-state index contributed by atoms with van der Waals surface area (Å²) in [4.78, 5) is 25.0. The molecule has 2 N–H and O–H groups in total. The monoisotopic (exact) mass is 484 g/mol. The lowest BCUT2D eigenvalue weighted by molar-refractivity contribution is 0.0709. The van der Waals surface area contributed by atoms with E-state index in [1.54, 1.807) is 7.11 Å². The predicted octanol–water partition coefficient (Wildman–Crippen LogP) is 5.78. The molecule has 0 spiro atoms. The normalized spacial score (nSPS) is 21.6. The SMILES string of the molecule is COc1ccc2[nH]c(C(=O)N3CC(C)CC3CCN3CCC(c4c[nH]c5ccccc45)CC3)cc2c1. The Morgan fingerprint density at radius 1 is 1.08 bits per heavy atom. The van der Waals surface area contributed by atoms with Crippen molar-refractivity contribution in [3.63, 3.8) is 0 Å². The molecular formula is C30H36N4O2. The zero-order valence-corrected chi connectivity index (χ0v) is 21.3. The summed E-state index contributed by atoms with van der Waals surface area (Å²) in [5.74, 6) is 2.10. The van der Waals surface area contributed by atoms with E-state index >= 15 is 0 Å². The van der Waals surface area contributed by atoms with Crippen LogP contribution < -0.4 is 4.74 Å². The van der Waals surface area contributed by atoms with Crippen LogP contribution in [0.2, 0.25) is 0 Å². The van der Waals surface area contributed by atoms with E-state index in [4.69, 9.17) is 4.74 Å². The Bertz CT molecular complexity index is 1360. The first-order valence-electron chi connectivity index (χ1n) is 13.3. The molecule has 2 fully saturated rings. The second-order valence-corrected chi connectivity index (χ2v) is 10.8. The van der Waals surface area contributed by atoms with Gasteiger partial charge in [0.25, 0.3) is 5.91 Å². The fourth-order valence-electron chi connectivity index (χ4n) is 6.41. The minimum absolute atomic E-state index is 0.123. The minimum Gasteiger partial charge on any atom is -0.497 e. The molecule has 4 aromatic rings. The van der Waals surface area contributed by atoms with E-state index in [2.05, 4.69) is 57.2 Å². The van der Waals surface area contributed by atoms with Crippen molar-refractivity contribution in [1.82, 2.24) is 19.8 Å². The summed E-state index contributed by atoms with van der Waals surface area (Å²) < 4.78 is 5.34. The molecule has 6 rings (SSSR count). The highest BCUT2D eigenvalue weighted by atomic mass is 16.5. The lowest BCUT2D eigenvalue weighted by atomic mass is 9.89. The number of para-hydroxylation sites is 1. The third kappa shape index (κ3) is 4.39. The lowest BCUT2D eigenvalue weighted by Gasteiger charge is -2.33. The third-order valence-electron chi connectivity index (χ3n) is 8.37. The standard InChI is InChI=1S/C30H36N4O2/c1-20-15-23(34(19-20)30(35)29-17-22-16-24(36-2)7-8-27(22)32-29)11-14-33-12-9-21(10-13-33)26-18-31-28-6-4-3-5-25(26)28/h3-8,16-18,20-21,23,31-32H,9-15,19H2,1-2H3. The molecule has 2 saturated heterocycles. The molecule has 2 atom stereocenters. The minimum atomic E-state index is 0.123. The van der Waals surface area contributed by atoms with Crippen molar-refractivity contribution in [3.8, 4) is 5.75 Å². The number of carbonyl (C=O) groups excluding carboxylic acids is 1. The van der Waals surface area contributed by atoms with Crippen molar-refractivity contribution in [2.75, 3.05) is 33.3 Å². The van der Waals surface area contributed by atoms with E-state index < -0.39 is 0 Å². The van der Waals surface area contributed by atoms with E-state index in [0.717, 1.165) is 55.7 Å². The van der Waals surface area contributed by atoms with Gasteiger partial charge in [-0.25, -0.2) is 0 Å². The molecule has 2 aromatic carbocycles. The molecular weight excluding hydrogens is 448 g/mol. The van der Waals surface area contributed by atoms with E-state index in [1.165, 1.54) is 29.3 Å². The second-order valence-electron chi connectivity index (χ2n) is 10.8. The zero-order chi connectivity index (χ0) is 24.6. The maximum atomic E-state index is 13.5. The average Bonchev–Trinajstić information content (AvgIpc) is 3.63. The largest absolute Gasteiger partial charge is 0.497 e. The van der Waals surface area contributed by atoms with Gasteiger partial charge in [-0.15, -0.1) is 0 Å². The molecule has 0 aliphatic carbocycles. The number of hydrogen-bond acceptors (Lipinski definition) is 3. The topological polar surface area (TPSA) is 64.4 Å². The fourth-order valence-corrected chi connectivity index (χ4v) is 6.41. The number of methoxy groups -OCH3 is 1. The molecule has 6 nitrogen and oxygen atoms in total. The van der Waals surface area contributed by atoms with Crippen LogP contribution in [-0.4, -0.2) is 65.0 Å². The van der Waals surface area contributed by atoms with Gasteiger partial charge in [-0.1, -0.05) is 25.1 Å². The van der Waals surface area contributed by atoms with Crippen LogP contribution in [0.3, 0.4) is 0 Å². The molecule has 188 valence electrons. The Morgan fingerprint density at radius 2 is 1.92 bits per heavy atom. The van der Waals surface area contributed by atoms with Crippen molar-refractivity contribution in [2.24, 2.45) is 5.92 Å². The van der Waals surface area contributed by atoms with Gasteiger partial charge in [0.1, 0.15) is 11.4 Å². The smallest absolute Gasteiger partial charge is 0.270 e. The maximum Gasteiger partial charge on any atom is 0.270 e. The van der Waals surface area contributed by atoms with E-state index in [1.807, 2.05) is 24.3 Å². The number of aromatic amines is 2. The highest BCUT2D eigenvalue weighted by Crippen LogP contribution is 2.34. The number of fused-ring (bicyclic) bond motifs is 2. The van der Waals surface area contributed by atoms with E-state index in [9.17, 15) is 4.79 Å². The quantitative estimate of drug-likeness (QED) is 0.365. The van der Waals surface area contributed by atoms with Crippen molar-refractivity contribution in [1.29, 1.82) is 0 Å². The summed E-state index contributed by atoms with van der Waals surface area (Å²) >= 11 is 0. The van der Waals surface area contributed by atoms with Gasteiger partial charge in [0.05, 0.1) is 7.11 Å². The molecule has 2 aliphatic heterocycles. The number of nitrogens with one attached hydrogen (secondary N) is 2. The molecule has 2 unspecified atom stereocenters. The Labute approximate surface area is 212 Å². The number of carbonyl (C=O) groups is 1. The van der Waals surface area contributed by atoms with Gasteiger partial charge < -0.3 is 24.5 Å². The van der Waals surface area contributed by atoms with Crippen molar-refractivity contribution >= 4 is 27.7 Å². The Morgan fingerprint density at radius 3 is 2.75 bits per heavy atom. The van der Waals surface area contributed by atoms with Gasteiger partial charge >= 0.3 is 0 Å². The van der Waals surface area contributed by atoms with Gasteiger partial charge in [0.2, 0.25) is 0 Å².